The van der Waals surface area contributed by atoms with Gasteiger partial charge in [-0.15, -0.1) is 0 Å². The Bertz CT molecular complexity index is 220. The van der Waals surface area contributed by atoms with Crippen LogP contribution in [0, 0.1) is 0 Å². The molecule has 0 aromatic heterocycles. The largest absolute Gasteiger partial charge is 0.342 e. The van der Waals surface area contributed by atoms with Gasteiger partial charge in [-0.25, -0.2) is 9.80 Å². The molecule has 0 atom stereocenters. The van der Waals surface area contributed by atoms with Gasteiger partial charge in [0.1, 0.15) is 0 Å². The van der Waals surface area contributed by atoms with Crippen LogP contribution in [0.15, 0.2) is 17.4 Å². The van der Waals surface area contributed by atoms with Crippen LogP contribution in [0.5, 0.6) is 0 Å². The van der Waals surface area contributed by atoms with E-state index in [4.69, 9.17) is 0 Å². The third kappa shape index (κ3) is 1.58. The fourth-order valence-corrected chi connectivity index (χ4v) is 0.779. The number of allylic oxidation sites excluding steroid dienone is 1. The Labute approximate surface area is 65.6 Å². The van der Waals surface area contributed by atoms with Gasteiger partial charge < -0.3 is 5.32 Å². The Morgan fingerprint density at radius 3 is 2.82 bits per heavy atom. The van der Waals surface area contributed by atoms with Crippen molar-refractivity contribution in [1.82, 2.24) is 10.3 Å². The predicted octanol–water partition coefficient (Wildman–Crippen LogP) is 0.919. The fraction of sp³-hybridized carbons (Fsp3) is 0.429. The van der Waals surface area contributed by atoms with Crippen molar-refractivity contribution >= 4 is 12.2 Å². The first-order valence-electron chi connectivity index (χ1n) is 3.44. The summed E-state index contributed by atoms with van der Waals surface area (Å²) in [5, 5.41) is 7.81. The lowest BCUT2D eigenvalue weighted by molar-refractivity contribution is 0.187. The lowest BCUT2D eigenvalue weighted by atomic mass is 10.4. The van der Waals surface area contributed by atoms with E-state index >= 15 is 0 Å². The van der Waals surface area contributed by atoms with Gasteiger partial charge >= 0.3 is 6.03 Å². The molecule has 0 saturated heterocycles. The Morgan fingerprint density at radius 1 is 1.73 bits per heavy atom. The third-order valence-corrected chi connectivity index (χ3v) is 1.30. The fourth-order valence-electron chi connectivity index (χ4n) is 0.779. The predicted molar refractivity (Wildman–Crippen MR) is 43.1 cm³/mol. The minimum Gasteiger partial charge on any atom is -0.305 e. The molecule has 60 valence electrons. The SMILES string of the molecule is C=C1C=NN(C(C)C)C(=O)N1. The maximum atomic E-state index is 11.1. The lowest BCUT2D eigenvalue weighted by Crippen LogP contribution is -2.43. The molecule has 1 heterocycles. The number of rotatable bonds is 1. The highest BCUT2D eigenvalue weighted by Crippen LogP contribution is 2.03. The number of hydrogen-bond donors (Lipinski definition) is 1. The van der Waals surface area contributed by atoms with Crippen molar-refractivity contribution in [2.24, 2.45) is 5.10 Å². The molecule has 0 saturated carbocycles. The summed E-state index contributed by atoms with van der Waals surface area (Å²) < 4.78 is 0. The molecule has 0 radical (unpaired) electrons. The van der Waals surface area contributed by atoms with E-state index in [1.807, 2.05) is 13.8 Å². The van der Waals surface area contributed by atoms with Gasteiger partial charge in [-0.3, -0.25) is 0 Å². The van der Waals surface area contributed by atoms with Crippen LogP contribution in [0.3, 0.4) is 0 Å². The zero-order valence-corrected chi connectivity index (χ0v) is 6.66. The topological polar surface area (TPSA) is 44.7 Å². The van der Waals surface area contributed by atoms with Crippen LogP contribution in [0.4, 0.5) is 4.79 Å². The first kappa shape index (κ1) is 7.78. The summed E-state index contributed by atoms with van der Waals surface area (Å²) in [5.74, 6) is 0. The van der Waals surface area contributed by atoms with Gasteiger partial charge in [-0.1, -0.05) is 6.58 Å². The summed E-state index contributed by atoms with van der Waals surface area (Å²) in [5.41, 5.74) is 0.534. The van der Waals surface area contributed by atoms with Crippen molar-refractivity contribution in [1.29, 1.82) is 0 Å². The summed E-state index contributed by atoms with van der Waals surface area (Å²) >= 11 is 0. The molecule has 4 heteroatoms. The normalized spacial score (nSPS) is 17.5. The molecule has 1 aliphatic rings. The minimum atomic E-state index is -0.215. The van der Waals surface area contributed by atoms with Gasteiger partial charge in [0.2, 0.25) is 0 Å². The van der Waals surface area contributed by atoms with Crippen molar-refractivity contribution in [3.8, 4) is 0 Å². The van der Waals surface area contributed by atoms with Crippen LogP contribution < -0.4 is 5.32 Å². The average Bonchev–Trinajstić information content (AvgIpc) is 1.85. The zero-order chi connectivity index (χ0) is 8.43. The van der Waals surface area contributed by atoms with E-state index in [0.717, 1.165) is 0 Å². The quantitative estimate of drug-likeness (QED) is 0.598. The summed E-state index contributed by atoms with van der Waals surface area (Å²) in [4.78, 5) is 11.1. The summed E-state index contributed by atoms with van der Waals surface area (Å²) in [7, 11) is 0. The van der Waals surface area contributed by atoms with E-state index in [9.17, 15) is 4.79 Å². The van der Waals surface area contributed by atoms with E-state index < -0.39 is 0 Å². The van der Waals surface area contributed by atoms with Gasteiger partial charge in [0.15, 0.2) is 0 Å². The Kier molecular flexibility index (Phi) is 1.94. The Balaban J connectivity index is 2.76. The highest BCUT2D eigenvalue weighted by molar-refractivity contribution is 5.90. The van der Waals surface area contributed by atoms with E-state index in [0.29, 0.717) is 5.70 Å². The number of amides is 2. The molecule has 0 fully saturated rings. The second kappa shape index (κ2) is 2.74. The van der Waals surface area contributed by atoms with Gasteiger partial charge in [0, 0.05) is 0 Å². The molecule has 2 amide bonds. The number of carbonyl (C=O) groups excluding carboxylic acids is 1. The molecule has 11 heavy (non-hydrogen) atoms. The molecular weight excluding hydrogens is 142 g/mol. The third-order valence-electron chi connectivity index (χ3n) is 1.30. The van der Waals surface area contributed by atoms with Crippen molar-refractivity contribution in [3.63, 3.8) is 0 Å². The molecule has 0 spiro atoms. The molecule has 0 bridgehead atoms. The van der Waals surface area contributed by atoms with Crippen molar-refractivity contribution in [2.75, 3.05) is 0 Å². The van der Waals surface area contributed by atoms with E-state index in [-0.39, 0.29) is 12.1 Å². The van der Waals surface area contributed by atoms with Crippen LogP contribution in [-0.2, 0) is 0 Å². The highest BCUT2D eigenvalue weighted by atomic mass is 16.2. The number of nitrogens with zero attached hydrogens (tertiary/aromatic N) is 2. The van der Waals surface area contributed by atoms with Crippen LogP contribution in [0.1, 0.15) is 13.8 Å². The molecule has 0 unspecified atom stereocenters. The van der Waals surface area contributed by atoms with Crippen LogP contribution in [0.2, 0.25) is 0 Å². The Morgan fingerprint density at radius 2 is 2.36 bits per heavy atom. The monoisotopic (exact) mass is 153 g/mol. The first-order valence-corrected chi connectivity index (χ1v) is 3.44. The molecular formula is C7H11N3O. The van der Waals surface area contributed by atoms with E-state index in [2.05, 4.69) is 17.0 Å². The maximum Gasteiger partial charge on any atom is 0.342 e. The van der Waals surface area contributed by atoms with Gasteiger partial charge in [-0.2, -0.15) is 5.10 Å². The van der Waals surface area contributed by atoms with E-state index in [1.54, 1.807) is 0 Å². The lowest BCUT2D eigenvalue weighted by Gasteiger charge is -2.24. The highest BCUT2D eigenvalue weighted by Gasteiger charge is 2.18. The number of urea groups is 1. The van der Waals surface area contributed by atoms with E-state index in [1.165, 1.54) is 11.2 Å². The van der Waals surface area contributed by atoms with Crippen molar-refractivity contribution < 1.29 is 4.79 Å². The molecule has 0 aliphatic carbocycles. The summed E-state index contributed by atoms with van der Waals surface area (Å²) in [6, 6.07) is -0.133. The van der Waals surface area contributed by atoms with Crippen molar-refractivity contribution in [3.05, 3.63) is 12.3 Å². The molecule has 1 N–H and O–H groups in total. The molecule has 1 aliphatic heterocycles. The molecule has 4 nitrogen and oxygen atoms in total. The molecule has 1 rings (SSSR count). The maximum absolute atomic E-state index is 11.1. The van der Waals surface area contributed by atoms with Gasteiger partial charge in [0.25, 0.3) is 0 Å². The summed E-state index contributed by atoms with van der Waals surface area (Å²) in [6.45, 7) is 7.34. The van der Waals surface area contributed by atoms with Gasteiger partial charge in [0.05, 0.1) is 18.0 Å². The first-order chi connectivity index (χ1) is 5.11. The number of nitrogens with one attached hydrogen (secondary N) is 1. The second-order valence-corrected chi connectivity index (χ2v) is 2.64. The van der Waals surface area contributed by atoms with Crippen LogP contribution in [-0.4, -0.2) is 23.3 Å². The Hall–Kier alpha value is -1.32. The number of carbonyl (C=O) groups is 1. The standard InChI is InChI=1S/C7H11N3O/c1-5(2)10-7(11)9-6(3)4-8-10/h4-5H,3H2,1-2H3,(H,9,11). The number of hydrazone groups is 1. The minimum absolute atomic E-state index is 0.0827. The molecule has 0 aromatic rings. The second-order valence-electron chi connectivity index (χ2n) is 2.64. The smallest absolute Gasteiger partial charge is 0.305 e. The van der Waals surface area contributed by atoms with Crippen LogP contribution >= 0.6 is 0 Å². The average molecular weight is 153 g/mol. The number of hydrogen-bond acceptors (Lipinski definition) is 2. The van der Waals surface area contributed by atoms with Gasteiger partial charge in [-0.05, 0) is 13.8 Å². The molecule has 0 aromatic carbocycles. The van der Waals surface area contributed by atoms with Crippen molar-refractivity contribution in [2.45, 2.75) is 19.9 Å². The summed E-state index contributed by atoms with van der Waals surface area (Å²) in [6.07, 6.45) is 1.53. The van der Waals surface area contributed by atoms with Crippen LogP contribution in [0.25, 0.3) is 0 Å². The zero-order valence-electron chi connectivity index (χ0n) is 6.66.